The minimum absolute atomic E-state index is 0.00862. The highest BCUT2D eigenvalue weighted by Crippen LogP contribution is 2.25. The van der Waals surface area contributed by atoms with Crippen LogP contribution in [0.1, 0.15) is 57.8 Å². The number of ether oxygens (including phenoxy) is 1. The Balaban J connectivity index is 2.23. The first-order valence-corrected chi connectivity index (χ1v) is 12.8. The number of non-ortho nitro benzene ring substituents is 1. The highest BCUT2D eigenvalue weighted by atomic mass is 32.2. The van der Waals surface area contributed by atoms with E-state index in [-0.39, 0.29) is 22.4 Å². The van der Waals surface area contributed by atoms with Crippen LogP contribution in [0, 0.1) is 16.0 Å². The molecule has 0 aliphatic carbocycles. The molecule has 1 fully saturated rings. The molecule has 2 amide bonds. The van der Waals surface area contributed by atoms with Gasteiger partial charge in [-0.25, -0.2) is 13.2 Å². The molecule has 33 heavy (non-hydrogen) atoms. The molecule has 1 aliphatic rings. The van der Waals surface area contributed by atoms with Crippen molar-refractivity contribution in [1.82, 2.24) is 9.80 Å². The number of piperidine rings is 1. The average Bonchev–Trinajstić information content (AvgIpc) is 2.69. The second kappa shape index (κ2) is 10.1. The van der Waals surface area contributed by atoms with Crippen LogP contribution >= 0.6 is 0 Å². The molecular formula is C22H33N3O7S. The zero-order valence-corrected chi connectivity index (χ0v) is 20.8. The van der Waals surface area contributed by atoms with Crippen LogP contribution in [0.3, 0.4) is 0 Å². The molecule has 1 aromatic carbocycles. The molecule has 1 aromatic rings. The Labute approximate surface area is 194 Å². The third-order valence-electron chi connectivity index (χ3n) is 5.29. The second-order valence-electron chi connectivity index (χ2n) is 9.73. The number of hydrogen-bond acceptors (Lipinski definition) is 7. The van der Waals surface area contributed by atoms with Gasteiger partial charge in [-0.1, -0.05) is 0 Å². The molecule has 0 bridgehead atoms. The molecule has 10 nitrogen and oxygen atoms in total. The maximum absolute atomic E-state index is 13.1. The molecule has 0 spiro atoms. The van der Waals surface area contributed by atoms with Gasteiger partial charge in [0.15, 0.2) is 9.84 Å². The maximum atomic E-state index is 13.1. The van der Waals surface area contributed by atoms with Crippen LogP contribution in [0.5, 0.6) is 0 Å². The van der Waals surface area contributed by atoms with E-state index < -0.39 is 38.0 Å². The van der Waals surface area contributed by atoms with Crippen LogP contribution < -0.4 is 0 Å². The van der Waals surface area contributed by atoms with E-state index in [0.29, 0.717) is 26.1 Å². The first-order valence-electron chi connectivity index (χ1n) is 10.9. The van der Waals surface area contributed by atoms with Gasteiger partial charge in [-0.2, -0.15) is 0 Å². The van der Waals surface area contributed by atoms with Gasteiger partial charge >= 0.3 is 6.09 Å². The van der Waals surface area contributed by atoms with Gasteiger partial charge in [0.2, 0.25) is 0 Å². The first kappa shape index (κ1) is 26.6. The number of amides is 2. The first-order chi connectivity index (χ1) is 15.1. The number of benzene rings is 1. The minimum Gasteiger partial charge on any atom is -0.444 e. The van der Waals surface area contributed by atoms with Crippen LogP contribution in [0.15, 0.2) is 23.1 Å². The normalized spacial score (nSPS) is 17.1. The van der Waals surface area contributed by atoms with Crippen LogP contribution in [-0.2, 0) is 14.6 Å². The molecule has 1 saturated heterocycles. The quantitative estimate of drug-likeness (QED) is 0.447. The Morgan fingerprint density at radius 2 is 1.91 bits per heavy atom. The molecule has 1 heterocycles. The number of nitro benzene ring substituents is 1. The zero-order chi connectivity index (χ0) is 25.1. The number of hydrogen-bond donors (Lipinski definition) is 0. The Morgan fingerprint density at radius 3 is 2.42 bits per heavy atom. The van der Waals surface area contributed by atoms with E-state index in [0.717, 1.165) is 24.8 Å². The van der Waals surface area contributed by atoms with Crippen molar-refractivity contribution in [3.05, 3.63) is 33.9 Å². The fourth-order valence-electron chi connectivity index (χ4n) is 3.70. The van der Waals surface area contributed by atoms with E-state index in [1.54, 1.807) is 30.6 Å². The van der Waals surface area contributed by atoms with E-state index in [2.05, 4.69) is 0 Å². The summed E-state index contributed by atoms with van der Waals surface area (Å²) in [7, 11) is -3.74. The van der Waals surface area contributed by atoms with Crippen molar-refractivity contribution in [3.8, 4) is 0 Å². The highest BCUT2D eigenvalue weighted by molar-refractivity contribution is 7.90. The number of carbonyl (C=O) groups is 2. The Hall–Kier alpha value is -2.69. The Bertz CT molecular complexity index is 1020. The minimum atomic E-state index is -3.74. The molecule has 184 valence electrons. The third kappa shape index (κ3) is 7.41. The van der Waals surface area contributed by atoms with Gasteiger partial charge in [0.05, 0.1) is 9.82 Å². The molecule has 0 radical (unpaired) electrons. The van der Waals surface area contributed by atoms with E-state index in [1.807, 2.05) is 13.8 Å². The molecule has 0 saturated carbocycles. The molecule has 1 atom stereocenters. The predicted molar refractivity (Wildman–Crippen MR) is 123 cm³/mol. The summed E-state index contributed by atoms with van der Waals surface area (Å²) >= 11 is 0. The van der Waals surface area contributed by atoms with E-state index >= 15 is 0 Å². The van der Waals surface area contributed by atoms with Crippen molar-refractivity contribution in [2.24, 2.45) is 5.92 Å². The van der Waals surface area contributed by atoms with Gasteiger partial charge in [0.1, 0.15) is 5.60 Å². The second-order valence-corrected chi connectivity index (χ2v) is 11.7. The summed E-state index contributed by atoms with van der Waals surface area (Å²) in [5.74, 6) is -0.479. The lowest BCUT2D eigenvalue weighted by atomic mass is 9.96. The van der Waals surface area contributed by atoms with Crippen molar-refractivity contribution < 1.29 is 27.7 Å². The molecule has 2 rings (SSSR count). The van der Waals surface area contributed by atoms with Gasteiger partial charge in [-0.3, -0.25) is 14.9 Å². The number of carbonyl (C=O) groups excluding carboxylic acids is 2. The van der Waals surface area contributed by atoms with Gasteiger partial charge in [-0.05, 0) is 59.4 Å². The molecule has 1 unspecified atom stereocenters. The third-order valence-corrected chi connectivity index (χ3v) is 6.38. The van der Waals surface area contributed by atoms with Crippen molar-refractivity contribution in [2.45, 2.75) is 64.0 Å². The lowest BCUT2D eigenvalue weighted by Crippen LogP contribution is -2.48. The number of nitro groups is 1. The summed E-state index contributed by atoms with van der Waals surface area (Å²) in [4.78, 5) is 39.3. The average molecular weight is 484 g/mol. The van der Waals surface area contributed by atoms with Gasteiger partial charge in [0, 0.05) is 49.6 Å². The molecule has 11 heteroatoms. The molecule has 0 aromatic heterocycles. The summed E-state index contributed by atoms with van der Waals surface area (Å²) in [5, 5.41) is 11.3. The Morgan fingerprint density at radius 1 is 1.27 bits per heavy atom. The topological polar surface area (TPSA) is 127 Å². The molecule has 1 aliphatic heterocycles. The lowest BCUT2D eigenvalue weighted by Gasteiger charge is -2.37. The predicted octanol–water partition coefficient (Wildman–Crippen LogP) is 3.50. The van der Waals surface area contributed by atoms with Crippen molar-refractivity contribution in [1.29, 1.82) is 0 Å². The fraction of sp³-hybridized carbons (Fsp3) is 0.636. The summed E-state index contributed by atoms with van der Waals surface area (Å²) in [6.45, 7) is 10.4. The summed E-state index contributed by atoms with van der Waals surface area (Å²) < 4.78 is 29.4. The zero-order valence-electron chi connectivity index (χ0n) is 20.0. The van der Waals surface area contributed by atoms with Crippen LogP contribution in [-0.4, -0.2) is 72.7 Å². The van der Waals surface area contributed by atoms with E-state index in [4.69, 9.17) is 4.74 Å². The fourth-order valence-corrected chi connectivity index (χ4v) is 4.38. The number of likely N-dealkylation sites (tertiary alicyclic amines) is 1. The lowest BCUT2D eigenvalue weighted by molar-refractivity contribution is -0.385. The highest BCUT2D eigenvalue weighted by Gasteiger charge is 2.31. The van der Waals surface area contributed by atoms with Crippen LogP contribution in [0.25, 0.3) is 0 Å². The van der Waals surface area contributed by atoms with Crippen molar-refractivity contribution >= 4 is 27.5 Å². The SMILES string of the molecule is CC(C)N(CC1CCCN(C(=O)c2cc([N+](=O)[O-])cc(S(C)(=O)=O)c2)C1)C(=O)OC(C)(C)C. The van der Waals surface area contributed by atoms with E-state index in [1.165, 1.54) is 6.07 Å². The van der Waals surface area contributed by atoms with Crippen molar-refractivity contribution in [3.63, 3.8) is 0 Å². The number of rotatable bonds is 6. The summed E-state index contributed by atoms with van der Waals surface area (Å²) in [6.07, 6.45) is 2.02. The van der Waals surface area contributed by atoms with Gasteiger partial charge in [-0.15, -0.1) is 0 Å². The maximum Gasteiger partial charge on any atom is 0.410 e. The monoisotopic (exact) mass is 483 g/mol. The van der Waals surface area contributed by atoms with E-state index in [9.17, 15) is 28.1 Å². The summed E-state index contributed by atoms with van der Waals surface area (Å²) in [6, 6.07) is 3.13. The molecular weight excluding hydrogens is 450 g/mol. The smallest absolute Gasteiger partial charge is 0.410 e. The largest absolute Gasteiger partial charge is 0.444 e. The van der Waals surface area contributed by atoms with Gasteiger partial charge in [0.25, 0.3) is 11.6 Å². The Kier molecular flexibility index (Phi) is 8.10. The standard InChI is InChI=1S/C22H33N3O7S/c1-15(2)24(21(27)32-22(3,4)5)14-16-8-7-9-23(13-16)20(26)17-10-18(25(28)29)12-19(11-17)33(6,30)31/h10-12,15-16H,7-9,13-14H2,1-6H3. The van der Waals surface area contributed by atoms with Crippen molar-refractivity contribution in [2.75, 3.05) is 25.9 Å². The van der Waals surface area contributed by atoms with Crippen LogP contribution in [0.2, 0.25) is 0 Å². The van der Waals surface area contributed by atoms with Crippen LogP contribution in [0.4, 0.5) is 10.5 Å². The summed E-state index contributed by atoms with van der Waals surface area (Å²) in [5.41, 5.74) is -1.12. The molecule has 0 N–H and O–H groups in total. The number of sulfone groups is 1. The number of nitrogens with zero attached hydrogens (tertiary/aromatic N) is 3. The van der Waals surface area contributed by atoms with Gasteiger partial charge < -0.3 is 14.5 Å².